The normalized spacial score (nSPS) is 11.6. The number of hydrogen-bond acceptors (Lipinski definition) is 4. The third-order valence-corrected chi connectivity index (χ3v) is 3.56. The molecule has 0 aliphatic carbocycles. The van der Waals surface area contributed by atoms with E-state index >= 15 is 0 Å². The summed E-state index contributed by atoms with van der Waals surface area (Å²) < 4.78 is 22.3. The number of nitrogens with zero attached hydrogens (tertiary/aromatic N) is 2. The Labute approximate surface area is 99.3 Å². The highest BCUT2D eigenvalue weighted by Gasteiger charge is 2.12. The van der Waals surface area contributed by atoms with Gasteiger partial charge in [-0.25, -0.2) is 13.4 Å². The van der Waals surface area contributed by atoms with E-state index < -0.39 is 9.84 Å². The van der Waals surface area contributed by atoms with Gasteiger partial charge in [0.2, 0.25) is 0 Å². The molecule has 14 heavy (non-hydrogen) atoms. The van der Waals surface area contributed by atoms with Gasteiger partial charge >= 0.3 is 0 Å². The zero-order valence-electron chi connectivity index (χ0n) is 7.37. The maximum atomic E-state index is 11.2. The van der Waals surface area contributed by atoms with E-state index in [9.17, 15) is 8.42 Å². The highest BCUT2D eigenvalue weighted by Crippen LogP contribution is 2.13. The second-order valence-electron chi connectivity index (χ2n) is 2.64. The predicted octanol–water partition coefficient (Wildman–Crippen LogP) is 1.67. The van der Waals surface area contributed by atoms with Gasteiger partial charge in [0.25, 0.3) is 0 Å². The van der Waals surface area contributed by atoms with E-state index in [-0.39, 0.29) is 5.03 Å². The maximum absolute atomic E-state index is 11.2. The lowest BCUT2D eigenvalue weighted by Crippen LogP contribution is -2.06. The van der Waals surface area contributed by atoms with Crippen LogP contribution in [0.15, 0.2) is 11.2 Å². The van der Waals surface area contributed by atoms with Gasteiger partial charge in [0.15, 0.2) is 14.9 Å². The molecule has 0 fully saturated rings. The maximum Gasteiger partial charge on any atom is 0.194 e. The molecule has 0 bridgehead atoms. The molecule has 0 aliphatic rings. The molecule has 78 valence electrons. The zero-order chi connectivity index (χ0) is 10.8. The smallest absolute Gasteiger partial charge is 0.194 e. The minimum atomic E-state index is -3.27. The summed E-state index contributed by atoms with van der Waals surface area (Å²) in [6.45, 7) is 0. The molecule has 4 nitrogen and oxygen atoms in total. The Balaban J connectivity index is 3.28. The number of halogens is 2. The Morgan fingerprint density at radius 3 is 2.29 bits per heavy atom. The van der Waals surface area contributed by atoms with E-state index in [0.29, 0.717) is 16.4 Å². The first-order valence-electron chi connectivity index (χ1n) is 3.66. The van der Waals surface area contributed by atoms with Crippen molar-refractivity contribution in [1.29, 1.82) is 0 Å². The summed E-state index contributed by atoms with van der Waals surface area (Å²) in [5.41, 5.74) is 1.39. The van der Waals surface area contributed by atoms with Crippen molar-refractivity contribution in [2.75, 3.05) is 6.26 Å². The van der Waals surface area contributed by atoms with Crippen LogP contribution in [0.25, 0.3) is 0 Å². The highest BCUT2D eigenvalue weighted by molar-refractivity contribution is 9.09. The monoisotopic (exact) mass is 342 g/mol. The van der Waals surface area contributed by atoms with Crippen LogP contribution in [0.5, 0.6) is 0 Å². The molecular formula is C7H8Br2N2O2S. The van der Waals surface area contributed by atoms with Crippen molar-refractivity contribution < 1.29 is 8.42 Å². The van der Waals surface area contributed by atoms with Crippen molar-refractivity contribution in [3.63, 3.8) is 0 Å². The van der Waals surface area contributed by atoms with Crippen LogP contribution in [-0.2, 0) is 20.5 Å². The van der Waals surface area contributed by atoms with Crippen LogP contribution < -0.4 is 0 Å². The number of alkyl halides is 2. The minimum Gasteiger partial charge on any atom is -0.255 e. The fourth-order valence-corrected chi connectivity index (χ4v) is 2.27. The summed E-state index contributed by atoms with van der Waals surface area (Å²) in [5.74, 6) is 0. The topological polar surface area (TPSA) is 59.9 Å². The number of hydrogen-bond donors (Lipinski definition) is 0. The van der Waals surface area contributed by atoms with Gasteiger partial charge in [-0.05, 0) is 0 Å². The molecule has 1 rings (SSSR count). The lowest BCUT2D eigenvalue weighted by atomic mass is 10.4. The molecule has 7 heteroatoms. The first-order valence-corrected chi connectivity index (χ1v) is 7.79. The number of rotatable bonds is 3. The van der Waals surface area contributed by atoms with Crippen molar-refractivity contribution in [3.05, 3.63) is 17.6 Å². The van der Waals surface area contributed by atoms with E-state index in [4.69, 9.17) is 0 Å². The largest absolute Gasteiger partial charge is 0.255 e. The summed E-state index contributed by atoms with van der Waals surface area (Å²) in [7, 11) is -3.27. The SMILES string of the molecule is CS(=O)(=O)c1cnc(CBr)c(CBr)n1. The average Bonchev–Trinajstić information content (AvgIpc) is 2.15. The van der Waals surface area contributed by atoms with Crippen LogP contribution in [0.4, 0.5) is 0 Å². The molecule has 0 atom stereocenters. The third-order valence-electron chi connectivity index (χ3n) is 1.54. The van der Waals surface area contributed by atoms with Gasteiger partial charge in [0.1, 0.15) is 0 Å². The Kier molecular flexibility index (Phi) is 4.03. The van der Waals surface area contributed by atoms with Crippen molar-refractivity contribution >= 4 is 41.7 Å². The molecular weight excluding hydrogens is 336 g/mol. The van der Waals surface area contributed by atoms with Crippen LogP contribution in [0, 0.1) is 0 Å². The molecule has 0 radical (unpaired) electrons. The molecule has 0 N–H and O–H groups in total. The van der Waals surface area contributed by atoms with Gasteiger partial charge in [-0.15, -0.1) is 0 Å². The minimum absolute atomic E-state index is 0.0108. The van der Waals surface area contributed by atoms with Crippen molar-refractivity contribution in [2.45, 2.75) is 15.7 Å². The average molecular weight is 344 g/mol. The second kappa shape index (κ2) is 4.67. The summed E-state index contributed by atoms with van der Waals surface area (Å²) in [5, 5.41) is 1.06. The van der Waals surface area contributed by atoms with Crippen molar-refractivity contribution in [3.8, 4) is 0 Å². The Morgan fingerprint density at radius 2 is 1.86 bits per heavy atom. The van der Waals surface area contributed by atoms with Crippen LogP contribution in [-0.4, -0.2) is 24.6 Å². The molecule has 0 saturated heterocycles. The Bertz CT molecular complexity index is 433. The summed E-state index contributed by atoms with van der Waals surface area (Å²) in [6.07, 6.45) is 2.39. The Hall–Kier alpha value is -0.0100. The van der Waals surface area contributed by atoms with E-state index in [2.05, 4.69) is 41.8 Å². The van der Waals surface area contributed by atoms with E-state index in [1.165, 1.54) is 6.20 Å². The summed E-state index contributed by atoms with van der Waals surface area (Å²) >= 11 is 6.48. The van der Waals surface area contributed by atoms with Gasteiger partial charge in [-0.3, -0.25) is 4.98 Å². The van der Waals surface area contributed by atoms with E-state index in [1.54, 1.807) is 0 Å². The molecule has 0 spiro atoms. The van der Waals surface area contributed by atoms with Crippen LogP contribution in [0.1, 0.15) is 11.4 Å². The van der Waals surface area contributed by atoms with E-state index in [0.717, 1.165) is 11.9 Å². The number of aromatic nitrogens is 2. The molecule has 1 aromatic heterocycles. The molecule has 1 heterocycles. The van der Waals surface area contributed by atoms with Crippen LogP contribution >= 0.6 is 31.9 Å². The predicted molar refractivity (Wildman–Crippen MR) is 60.4 cm³/mol. The Morgan fingerprint density at radius 1 is 1.29 bits per heavy atom. The lowest BCUT2D eigenvalue weighted by Gasteiger charge is -2.03. The van der Waals surface area contributed by atoms with Crippen molar-refractivity contribution in [1.82, 2.24) is 9.97 Å². The molecule has 0 aromatic carbocycles. The fourth-order valence-electron chi connectivity index (χ4n) is 0.831. The third kappa shape index (κ3) is 2.74. The molecule has 0 unspecified atom stereocenters. The van der Waals surface area contributed by atoms with Crippen LogP contribution in [0.3, 0.4) is 0 Å². The lowest BCUT2D eigenvalue weighted by molar-refractivity contribution is 0.597. The van der Waals surface area contributed by atoms with Gasteiger partial charge in [0, 0.05) is 16.9 Å². The molecule has 0 aliphatic heterocycles. The fraction of sp³-hybridized carbons (Fsp3) is 0.429. The first-order chi connectivity index (χ1) is 6.49. The summed E-state index contributed by atoms with van der Waals surface area (Å²) in [4.78, 5) is 8.02. The first kappa shape index (κ1) is 12.1. The summed E-state index contributed by atoms with van der Waals surface area (Å²) in [6, 6.07) is 0. The molecule has 1 aromatic rings. The van der Waals surface area contributed by atoms with Gasteiger partial charge in [-0.1, -0.05) is 31.9 Å². The highest BCUT2D eigenvalue weighted by atomic mass is 79.9. The second-order valence-corrected chi connectivity index (χ2v) is 5.73. The quantitative estimate of drug-likeness (QED) is 0.783. The van der Waals surface area contributed by atoms with Gasteiger partial charge in [0.05, 0.1) is 17.6 Å². The zero-order valence-corrected chi connectivity index (χ0v) is 11.4. The van der Waals surface area contributed by atoms with Crippen molar-refractivity contribution in [2.24, 2.45) is 0 Å². The number of sulfone groups is 1. The van der Waals surface area contributed by atoms with E-state index in [1.807, 2.05) is 0 Å². The molecule has 0 saturated carbocycles. The van der Waals surface area contributed by atoms with Gasteiger partial charge in [-0.2, -0.15) is 0 Å². The molecule has 0 amide bonds. The van der Waals surface area contributed by atoms with Crippen LogP contribution in [0.2, 0.25) is 0 Å². The standard InChI is InChI=1S/C7H8Br2N2O2S/c1-14(12,13)7-4-10-5(2-8)6(3-9)11-7/h4H,2-3H2,1H3. The van der Waals surface area contributed by atoms with Gasteiger partial charge < -0.3 is 0 Å².